The average Bonchev–Trinajstić information content (AvgIpc) is 2.54. The number of aryl methyl sites for hydroxylation is 1. The maximum Gasteiger partial charge on any atom is 0.209 e. The lowest BCUT2D eigenvalue weighted by atomic mass is 10.2. The van der Waals surface area contributed by atoms with Gasteiger partial charge < -0.3 is 5.11 Å². The third-order valence-electron chi connectivity index (χ3n) is 2.32. The van der Waals surface area contributed by atoms with Crippen molar-refractivity contribution in [2.75, 3.05) is 0 Å². The Morgan fingerprint density at radius 2 is 1.88 bits per heavy atom. The lowest BCUT2D eigenvalue weighted by Gasteiger charge is -2.07. The van der Waals surface area contributed by atoms with Gasteiger partial charge in [-0.2, -0.15) is 0 Å². The topological polar surface area (TPSA) is 38.0 Å². The number of aliphatic hydroxyl groups is 1. The van der Waals surface area contributed by atoms with Crippen molar-refractivity contribution >= 4 is 23.2 Å². The van der Waals surface area contributed by atoms with Crippen LogP contribution in [-0.2, 0) is 6.61 Å². The Hall–Kier alpha value is -1.03. The molecule has 0 aliphatic heterocycles. The minimum atomic E-state index is -0.202. The molecule has 1 aromatic heterocycles. The Morgan fingerprint density at radius 3 is 2.44 bits per heavy atom. The molecular formula is C11H10Cl2N2O. The molecule has 0 saturated carbocycles. The number of aromatic nitrogens is 2. The van der Waals surface area contributed by atoms with Crippen LogP contribution in [0.15, 0.2) is 24.3 Å². The van der Waals surface area contributed by atoms with E-state index < -0.39 is 0 Å². The molecule has 3 nitrogen and oxygen atoms in total. The van der Waals surface area contributed by atoms with Gasteiger partial charge in [-0.3, -0.25) is 4.57 Å². The summed E-state index contributed by atoms with van der Waals surface area (Å²) in [5.74, 6) is 0. The van der Waals surface area contributed by atoms with Gasteiger partial charge in [-0.05, 0) is 30.7 Å². The summed E-state index contributed by atoms with van der Waals surface area (Å²) < 4.78 is 1.63. The van der Waals surface area contributed by atoms with Crippen LogP contribution in [0.3, 0.4) is 0 Å². The van der Waals surface area contributed by atoms with Crippen molar-refractivity contribution in [1.29, 1.82) is 0 Å². The predicted octanol–water partition coefficient (Wildman–Crippen LogP) is 2.98. The first-order chi connectivity index (χ1) is 7.63. The second kappa shape index (κ2) is 4.45. The first kappa shape index (κ1) is 11.5. The number of hydrogen-bond acceptors (Lipinski definition) is 2. The van der Waals surface area contributed by atoms with E-state index in [4.69, 9.17) is 23.2 Å². The number of hydrogen-bond donors (Lipinski definition) is 1. The molecule has 0 unspecified atom stereocenters. The Labute approximate surface area is 103 Å². The summed E-state index contributed by atoms with van der Waals surface area (Å²) in [4.78, 5) is 3.91. The van der Waals surface area contributed by atoms with E-state index in [1.54, 1.807) is 4.57 Å². The zero-order valence-corrected chi connectivity index (χ0v) is 10.1. The Morgan fingerprint density at radius 1 is 1.25 bits per heavy atom. The number of aliphatic hydroxyl groups excluding tert-OH is 1. The van der Waals surface area contributed by atoms with Crippen molar-refractivity contribution in [2.45, 2.75) is 13.5 Å². The maximum absolute atomic E-state index is 9.22. The van der Waals surface area contributed by atoms with Gasteiger partial charge in [0.25, 0.3) is 0 Å². The molecule has 0 saturated heterocycles. The minimum Gasteiger partial charge on any atom is -0.390 e. The van der Waals surface area contributed by atoms with E-state index in [9.17, 15) is 5.11 Å². The molecule has 2 rings (SSSR count). The largest absolute Gasteiger partial charge is 0.390 e. The standard InChI is InChI=1S/C11H10Cl2N2O/c1-7-2-4-8(5-3-7)15-9(6-16)10(12)14-11(15)13/h2-5,16H,6H2,1H3. The fourth-order valence-corrected chi connectivity index (χ4v) is 2.04. The first-order valence-corrected chi connectivity index (χ1v) is 5.49. The molecule has 2 aromatic rings. The van der Waals surface area contributed by atoms with Gasteiger partial charge >= 0.3 is 0 Å². The highest BCUT2D eigenvalue weighted by atomic mass is 35.5. The average molecular weight is 257 g/mol. The minimum absolute atomic E-state index is 0.202. The predicted molar refractivity (Wildman–Crippen MR) is 64.2 cm³/mol. The maximum atomic E-state index is 9.22. The normalized spacial score (nSPS) is 10.8. The number of nitrogens with zero attached hydrogens (tertiary/aromatic N) is 2. The molecule has 0 fully saturated rings. The molecule has 1 N–H and O–H groups in total. The number of halogens is 2. The Kier molecular flexibility index (Phi) is 3.19. The second-order valence-electron chi connectivity index (χ2n) is 3.45. The van der Waals surface area contributed by atoms with Gasteiger partial charge in [0.15, 0.2) is 5.15 Å². The van der Waals surface area contributed by atoms with Crippen LogP contribution >= 0.6 is 23.2 Å². The van der Waals surface area contributed by atoms with Crippen LogP contribution in [-0.4, -0.2) is 14.7 Å². The molecule has 84 valence electrons. The fourth-order valence-electron chi connectivity index (χ4n) is 1.49. The van der Waals surface area contributed by atoms with Gasteiger partial charge in [0.2, 0.25) is 5.28 Å². The summed E-state index contributed by atoms with van der Waals surface area (Å²) in [6.45, 7) is 1.80. The molecule has 0 amide bonds. The number of rotatable bonds is 2. The molecule has 5 heteroatoms. The molecule has 0 aliphatic rings. The van der Waals surface area contributed by atoms with E-state index in [-0.39, 0.29) is 17.0 Å². The summed E-state index contributed by atoms with van der Waals surface area (Å²) in [6, 6.07) is 7.72. The molecule has 0 atom stereocenters. The second-order valence-corrected chi connectivity index (χ2v) is 4.14. The van der Waals surface area contributed by atoms with Crippen molar-refractivity contribution in [1.82, 2.24) is 9.55 Å². The van der Waals surface area contributed by atoms with Crippen LogP contribution in [0.1, 0.15) is 11.3 Å². The van der Waals surface area contributed by atoms with Crippen LogP contribution in [0, 0.1) is 6.92 Å². The van der Waals surface area contributed by atoms with Gasteiger partial charge in [-0.15, -0.1) is 0 Å². The van der Waals surface area contributed by atoms with Crippen LogP contribution in [0.5, 0.6) is 0 Å². The summed E-state index contributed by atoms with van der Waals surface area (Å²) in [6.07, 6.45) is 0. The monoisotopic (exact) mass is 256 g/mol. The highest BCUT2D eigenvalue weighted by molar-refractivity contribution is 6.33. The van der Waals surface area contributed by atoms with Crippen molar-refractivity contribution < 1.29 is 5.11 Å². The van der Waals surface area contributed by atoms with Gasteiger partial charge in [-0.1, -0.05) is 29.3 Å². The first-order valence-electron chi connectivity index (χ1n) is 4.74. The summed E-state index contributed by atoms with van der Waals surface area (Å²) >= 11 is 11.8. The van der Waals surface area contributed by atoms with E-state index in [0.29, 0.717) is 5.69 Å². The number of imidazole rings is 1. The van der Waals surface area contributed by atoms with Crippen LogP contribution in [0.25, 0.3) is 5.69 Å². The van der Waals surface area contributed by atoms with Crippen LogP contribution in [0.4, 0.5) is 0 Å². The van der Waals surface area contributed by atoms with Gasteiger partial charge in [0, 0.05) is 5.69 Å². The zero-order valence-electron chi connectivity index (χ0n) is 8.61. The smallest absolute Gasteiger partial charge is 0.209 e. The van der Waals surface area contributed by atoms with E-state index in [2.05, 4.69) is 4.98 Å². The molecule has 16 heavy (non-hydrogen) atoms. The van der Waals surface area contributed by atoms with E-state index in [1.807, 2.05) is 31.2 Å². The van der Waals surface area contributed by atoms with Crippen molar-refractivity contribution in [3.63, 3.8) is 0 Å². The summed E-state index contributed by atoms with van der Waals surface area (Å²) in [7, 11) is 0. The van der Waals surface area contributed by atoms with E-state index in [0.717, 1.165) is 11.3 Å². The fraction of sp³-hybridized carbons (Fsp3) is 0.182. The zero-order chi connectivity index (χ0) is 11.7. The highest BCUT2D eigenvalue weighted by Gasteiger charge is 2.14. The Balaban J connectivity index is 2.59. The lowest BCUT2D eigenvalue weighted by Crippen LogP contribution is -2.00. The summed E-state index contributed by atoms with van der Waals surface area (Å²) in [5, 5.41) is 9.70. The van der Waals surface area contributed by atoms with Crippen molar-refractivity contribution in [3.05, 3.63) is 46.0 Å². The Bertz CT molecular complexity index is 505. The van der Waals surface area contributed by atoms with Crippen molar-refractivity contribution in [3.8, 4) is 5.69 Å². The molecule has 0 aliphatic carbocycles. The van der Waals surface area contributed by atoms with Gasteiger partial charge in [0.05, 0.1) is 12.3 Å². The lowest BCUT2D eigenvalue weighted by molar-refractivity contribution is 0.275. The molecule has 0 bridgehead atoms. The molecule has 0 radical (unpaired) electrons. The molecular weight excluding hydrogens is 247 g/mol. The van der Waals surface area contributed by atoms with Gasteiger partial charge in [0.1, 0.15) is 0 Å². The third-order valence-corrected chi connectivity index (χ3v) is 2.88. The van der Waals surface area contributed by atoms with Crippen LogP contribution < -0.4 is 0 Å². The van der Waals surface area contributed by atoms with Gasteiger partial charge in [-0.25, -0.2) is 4.98 Å². The van der Waals surface area contributed by atoms with E-state index in [1.165, 1.54) is 0 Å². The van der Waals surface area contributed by atoms with E-state index >= 15 is 0 Å². The molecule has 1 heterocycles. The van der Waals surface area contributed by atoms with Crippen LogP contribution in [0.2, 0.25) is 10.4 Å². The SMILES string of the molecule is Cc1ccc(-n2c(Cl)nc(Cl)c2CO)cc1. The molecule has 0 spiro atoms. The third kappa shape index (κ3) is 1.94. The number of benzene rings is 1. The summed E-state index contributed by atoms with van der Waals surface area (Å²) in [5.41, 5.74) is 2.48. The highest BCUT2D eigenvalue weighted by Crippen LogP contribution is 2.25. The quantitative estimate of drug-likeness (QED) is 0.898. The molecule has 1 aromatic carbocycles. The van der Waals surface area contributed by atoms with Crippen molar-refractivity contribution in [2.24, 2.45) is 0 Å².